The largest absolute Gasteiger partial charge is 0.338 e. The fraction of sp³-hybridized carbons (Fsp3) is 0.643. The third-order valence-electron chi connectivity index (χ3n) is 3.54. The van der Waals surface area contributed by atoms with E-state index in [1.165, 1.54) is 6.26 Å². The normalized spacial score (nSPS) is 19.8. The van der Waals surface area contributed by atoms with Crippen molar-refractivity contribution in [2.24, 2.45) is 5.73 Å². The molecule has 2 rings (SSSR count). The number of thioether (sulfide) groups is 1. The fourth-order valence-electron chi connectivity index (χ4n) is 2.48. The summed E-state index contributed by atoms with van der Waals surface area (Å²) in [6, 6.07) is 3.94. The summed E-state index contributed by atoms with van der Waals surface area (Å²) in [5.41, 5.74) is 7.76. The Bertz CT molecular complexity index is 590. The Balaban J connectivity index is 2.40. The average molecular weight is 329 g/mol. The second kappa shape index (κ2) is 6.98. The van der Waals surface area contributed by atoms with Crippen LogP contribution in [0.3, 0.4) is 0 Å². The molecule has 1 unspecified atom stereocenters. The Morgan fingerprint density at radius 1 is 1.48 bits per heavy atom. The van der Waals surface area contributed by atoms with Crippen molar-refractivity contribution in [3.8, 4) is 0 Å². The molecule has 1 aromatic rings. The van der Waals surface area contributed by atoms with E-state index in [9.17, 15) is 8.42 Å². The molecule has 21 heavy (non-hydrogen) atoms. The molecule has 0 aliphatic carbocycles. The van der Waals surface area contributed by atoms with Crippen LogP contribution in [0, 0.1) is 0 Å². The third kappa shape index (κ3) is 4.11. The lowest BCUT2D eigenvalue weighted by Crippen LogP contribution is -2.47. The first-order valence-electron chi connectivity index (χ1n) is 7.19. The van der Waals surface area contributed by atoms with Crippen LogP contribution in [0.2, 0.25) is 0 Å². The van der Waals surface area contributed by atoms with Gasteiger partial charge < -0.3 is 10.6 Å². The van der Waals surface area contributed by atoms with Gasteiger partial charge in [-0.3, -0.25) is 0 Å². The summed E-state index contributed by atoms with van der Waals surface area (Å²) in [7, 11) is -3.13. The molecule has 0 bridgehead atoms. The summed E-state index contributed by atoms with van der Waals surface area (Å²) in [5, 5.41) is -0.494. The van der Waals surface area contributed by atoms with E-state index in [2.05, 4.69) is 11.9 Å². The van der Waals surface area contributed by atoms with Gasteiger partial charge in [-0.1, -0.05) is 13.3 Å². The highest BCUT2D eigenvalue weighted by Crippen LogP contribution is 2.26. The molecule has 1 aliphatic heterocycles. The molecule has 0 saturated carbocycles. The van der Waals surface area contributed by atoms with Crippen molar-refractivity contribution in [3.05, 3.63) is 23.4 Å². The Morgan fingerprint density at radius 3 is 2.86 bits per heavy atom. The zero-order valence-corrected chi connectivity index (χ0v) is 14.2. The summed E-state index contributed by atoms with van der Waals surface area (Å²) in [6.07, 6.45) is 3.19. The maximum absolute atomic E-state index is 12.0. The molecule has 1 aliphatic rings. The quantitative estimate of drug-likeness (QED) is 0.880. The molecule has 1 aromatic heterocycles. The van der Waals surface area contributed by atoms with Crippen molar-refractivity contribution < 1.29 is 8.42 Å². The Hall–Kier alpha value is -0.790. The van der Waals surface area contributed by atoms with Crippen LogP contribution in [0.5, 0.6) is 0 Å². The van der Waals surface area contributed by atoms with Crippen LogP contribution in [0.4, 0.5) is 5.82 Å². The predicted molar refractivity (Wildman–Crippen MR) is 89.4 cm³/mol. The van der Waals surface area contributed by atoms with Gasteiger partial charge in [0, 0.05) is 36.5 Å². The maximum Gasteiger partial charge on any atom is 0.169 e. The number of sulfone groups is 1. The van der Waals surface area contributed by atoms with Crippen LogP contribution in [-0.4, -0.2) is 43.1 Å². The number of rotatable bonds is 5. The minimum atomic E-state index is -3.13. The topological polar surface area (TPSA) is 76.3 Å². The summed E-state index contributed by atoms with van der Waals surface area (Å²) < 4.78 is 24.1. The van der Waals surface area contributed by atoms with Gasteiger partial charge in [0.05, 0.1) is 0 Å². The lowest BCUT2D eigenvalue weighted by Gasteiger charge is -2.35. The molecule has 0 spiro atoms. The van der Waals surface area contributed by atoms with E-state index < -0.39 is 15.2 Å². The zero-order valence-electron chi connectivity index (χ0n) is 12.6. The highest BCUT2D eigenvalue weighted by molar-refractivity contribution is 8.01. The van der Waals surface area contributed by atoms with Gasteiger partial charge in [0.25, 0.3) is 0 Å². The molecule has 1 fully saturated rings. The molecule has 0 amide bonds. The zero-order chi connectivity index (χ0) is 15.5. The third-order valence-corrected chi connectivity index (χ3v) is 6.18. The lowest BCUT2D eigenvalue weighted by molar-refractivity contribution is 0.583. The van der Waals surface area contributed by atoms with Crippen molar-refractivity contribution in [1.82, 2.24) is 4.98 Å². The number of pyridine rings is 1. The number of nitrogens with zero attached hydrogens (tertiary/aromatic N) is 2. The van der Waals surface area contributed by atoms with Crippen LogP contribution in [-0.2, 0) is 22.8 Å². The molecule has 5 nitrogen and oxygen atoms in total. The second-order valence-corrected chi connectivity index (χ2v) is 8.68. The van der Waals surface area contributed by atoms with Crippen LogP contribution in [0.25, 0.3) is 0 Å². The molecule has 1 saturated heterocycles. The minimum Gasteiger partial charge on any atom is -0.338 e. The lowest BCUT2D eigenvalue weighted by atomic mass is 10.1. The standard InChI is InChI=1S/C14H23N3O2S2/c1-3-4-12-7-11(9-15)8-13(16-12)17-5-6-20-10-14(17)21(2,18)19/h7-8,14H,3-6,9-10,15H2,1-2H3. The number of anilines is 1. The van der Waals surface area contributed by atoms with Crippen LogP contribution in [0.15, 0.2) is 12.1 Å². The van der Waals surface area contributed by atoms with Crippen molar-refractivity contribution >= 4 is 27.4 Å². The Labute approximate surface area is 131 Å². The van der Waals surface area contributed by atoms with Gasteiger partial charge in [0.1, 0.15) is 11.2 Å². The first kappa shape index (κ1) is 16.6. The molecular formula is C14H23N3O2S2. The average Bonchev–Trinajstić information content (AvgIpc) is 2.46. The van der Waals surface area contributed by atoms with Gasteiger partial charge in [-0.2, -0.15) is 11.8 Å². The molecule has 1 atom stereocenters. The highest BCUT2D eigenvalue weighted by atomic mass is 32.2. The maximum atomic E-state index is 12.0. The van der Waals surface area contributed by atoms with Crippen molar-refractivity contribution in [2.75, 3.05) is 29.2 Å². The summed E-state index contributed by atoms with van der Waals surface area (Å²) in [5.74, 6) is 2.26. The van der Waals surface area contributed by atoms with E-state index in [1.54, 1.807) is 11.8 Å². The Kier molecular flexibility index (Phi) is 5.51. The predicted octanol–water partition coefficient (Wildman–Crippen LogP) is 1.42. The minimum absolute atomic E-state index is 0.443. The molecule has 2 heterocycles. The fourth-order valence-corrected chi connectivity index (χ4v) is 5.31. The molecule has 7 heteroatoms. The van der Waals surface area contributed by atoms with Gasteiger partial charge in [0.2, 0.25) is 0 Å². The van der Waals surface area contributed by atoms with Gasteiger partial charge in [-0.05, 0) is 24.1 Å². The monoisotopic (exact) mass is 329 g/mol. The Morgan fingerprint density at radius 2 is 2.24 bits per heavy atom. The molecule has 0 radical (unpaired) electrons. The number of hydrogen-bond donors (Lipinski definition) is 1. The smallest absolute Gasteiger partial charge is 0.169 e. The molecule has 2 N–H and O–H groups in total. The van der Waals surface area contributed by atoms with Gasteiger partial charge in [-0.25, -0.2) is 13.4 Å². The van der Waals surface area contributed by atoms with E-state index in [0.29, 0.717) is 18.8 Å². The molecular weight excluding hydrogens is 306 g/mol. The van der Waals surface area contributed by atoms with E-state index >= 15 is 0 Å². The SMILES string of the molecule is CCCc1cc(CN)cc(N2CCSCC2S(C)(=O)=O)n1. The van der Waals surface area contributed by atoms with Gasteiger partial charge in [0.15, 0.2) is 9.84 Å². The van der Waals surface area contributed by atoms with Crippen molar-refractivity contribution in [1.29, 1.82) is 0 Å². The first-order chi connectivity index (χ1) is 9.95. The number of nitrogens with two attached hydrogens (primary N) is 1. The molecule has 118 valence electrons. The van der Waals surface area contributed by atoms with E-state index in [1.807, 2.05) is 17.0 Å². The molecule has 0 aromatic carbocycles. The second-order valence-electron chi connectivity index (χ2n) is 5.33. The van der Waals surface area contributed by atoms with Gasteiger partial charge >= 0.3 is 0 Å². The van der Waals surface area contributed by atoms with E-state index in [4.69, 9.17) is 5.73 Å². The van der Waals surface area contributed by atoms with Gasteiger partial charge in [-0.15, -0.1) is 0 Å². The number of hydrogen-bond acceptors (Lipinski definition) is 6. The van der Waals surface area contributed by atoms with E-state index in [0.717, 1.165) is 35.7 Å². The first-order valence-corrected chi connectivity index (χ1v) is 10.3. The number of aromatic nitrogens is 1. The van der Waals surface area contributed by atoms with Crippen LogP contribution < -0.4 is 10.6 Å². The summed E-state index contributed by atoms with van der Waals surface area (Å²) >= 11 is 1.68. The van der Waals surface area contributed by atoms with Crippen molar-refractivity contribution in [2.45, 2.75) is 31.7 Å². The summed E-state index contributed by atoms with van der Waals surface area (Å²) in [6.45, 7) is 3.25. The number of aryl methyl sites for hydroxylation is 1. The van der Waals surface area contributed by atoms with Crippen molar-refractivity contribution in [3.63, 3.8) is 0 Å². The van der Waals surface area contributed by atoms with E-state index in [-0.39, 0.29) is 0 Å². The van der Waals surface area contributed by atoms with Crippen LogP contribution in [0.1, 0.15) is 24.6 Å². The summed E-state index contributed by atoms with van der Waals surface area (Å²) in [4.78, 5) is 6.58. The van der Waals surface area contributed by atoms with Crippen LogP contribution >= 0.6 is 11.8 Å². The highest BCUT2D eigenvalue weighted by Gasteiger charge is 2.32.